The maximum atomic E-state index is 14.7. The first kappa shape index (κ1) is 23.0. The highest BCUT2D eigenvalue weighted by atomic mass is 19.3. The van der Waals surface area contributed by atoms with E-state index in [9.17, 15) is 18.8 Å². The van der Waals surface area contributed by atoms with Crippen LogP contribution in [0.4, 0.5) is 20.5 Å². The normalized spacial score (nSPS) is 17.0. The smallest absolute Gasteiger partial charge is 0.301 e. The van der Waals surface area contributed by atoms with E-state index in [-0.39, 0.29) is 36.6 Å². The third-order valence-electron chi connectivity index (χ3n) is 5.41. The lowest BCUT2D eigenvalue weighted by Crippen LogP contribution is -2.55. The average molecular weight is 464 g/mol. The second-order valence-electron chi connectivity index (χ2n) is 7.75. The number of benzene rings is 1. The van der Waals surface area contributed by atoms with Gasteiger partial charge in [-0.25, -0.2) is 23.7 Å². The molecule has 0 aliphatic carbocycles. The number of carbonyl (C=O) groups excluding carboxylic acids is 1. The minimum Gasteiger partial charge on any atom is -0.483 e. The molecule has 1 aliphatic heterocycles. The largest absolute Gasteiger partial charge is 0.483 e. The lowest BCUT2D eigenvalue weighted by atomic mass is 10.0. The van der Waals surface area contributed by atoms with Crippen molar-refractivity contribution in [3.63, 3.8) is 0 Å². The topological polar surface area (TPSA) is 104 Å². The monoisotopic (exact) mass is 464 g/mol. The Labute approximate surface area is 195 Å². The molecule has 1 unspecified atom stereocenters. The molecule has 3 heterocycles. The second kappa shape index (κ2) is 9.79. The van der Waals surface area contributed by atoms with E-state index in [0.29, 0.717) is 23.0 Å². The number of piperidine rings is 1. The fraction of sp³-hybridized carbons (Fsp3) is 0.292. The van der Waals surface area contributed by atoms with E-state index >= 15 is 0 Å². The van der Waals surface area contributed by atoms with Gasteiger partial charge in [-0.1, -0.05) is 13.0 Å². The van der Waals surface area contributed by atoms with Crippen LogP contribution in [-0.4, -0.2) is 50.9 Å². The van der Waals surface area contributed by atoms with Gasteiger partial charge in [0.1, 0.15) is 17.6 Å². The molecule has 1 atom stereocenters. The van der Waals surface area contributed by atoms with Crippen molar-refractivity contribution in [2.75, 3.05) is 18.4 Å². The van der Waals surface area contributed by atoms with Gasteiger partial charge in [-0.05, 0) is 36.4 Å². The summed E-state index contributed by atoms with van der Waals surface area (Å²) < 4.78 is 34.9. The van der Waals surface area contributed by atoms with Gasteiger partial charge in [0, 0.05) is 37.3 Å². The molecule has 1 aromatic carbocycles. The molecule has 3 aromatic rings. The quantitative estimate of drug-likeness (QED) is 0.584. The van der Waals surface area contributed by atoms with E-state index in [1.807, 2.05) is 12.1 Å². The first-order chi connectivity index (χ1) is 16.4. The maximum absolute atomic E-state index is 14.7. The van der Waals surface area contributed by atoms with Crippen LogP contribution in [0.5, 0.6) is 5.75 Å². The number of hydrogen-bond donors (Lipinski definition) is 1. The van der Waals surface area contributed by atoms with Crippen molar-refractivity contribution in [3.8, 4) is 23.1 Å². The third-order valence-corrected chi connectivity index (χ3v) is 5.41. The Kier molecular flexibility index (Phi) is 6.63. The zero-order chi connectivity index (χ0) is 24.1. The first-order valence-corrected chi connectivity index (χ1v) is 10.8. The zero-order valence-electron chi connectivity index (χ0n) is 18.4. The van der Waals surface area contributed by atoms with Gasteiger partial charge >= 0.3 is 5.92 Å². The first-order valence-electron chi connectivity index (χ1n) is 10.8. The number of pyridine rings is 1. The third kappa shape index (κ3) is 5.09. The lowest BCUT2D eigenvalue weighted by molar-refractivity contribution is -0.159. The van der Waals surface area contributed by atoms with Crippen LogP contribution in [-0.2, 0) is 4.79 Å². The highest BCUT2D eigenvalue weighted by Crippen LogP contribution is 2.34. The number of nitrogens with zero attached hydrogens (tertiary/aromatic N) is 5. The molecule has 1 fully saturated rings. The van der Waals surface area contributed by atoms with Crippen LogP contribution in [0.3, 0.4) is 0 Å². The lowest BCUT2D eigenvalue weighted by Gasteiger charge is -2.38. The Hall–Kier alpha value is -4.13. The zero-order valence-corrected chi connectivity index (χ0v) is 18.4. The number of carbonyl (C=O) groups is 1. The van der Waals surface area contributed by atoms with E-state index in [4.69, 9.17) is 4.74 Å². The van der Waals surface area contributed by atoms with Gasteiger partial charge in [0.2, 0.25) is 11.9 Å². The fourth-order valence-corrected chi connectivity index (χ4v) is 3.66. The van der Waals surface area contributed by atoms with Crippen molar-refractivity contribution in [1.82, 2.24) is 19.9 Å². The van der Waals surface area contributed by atoms with Gasteiger partial charge in [-0.2, -0.15) is 5.26 Å². The number of ether oxygens (including phenoxy) is 1. The van der Waals surface area contributed by atoms with E-state index in [1.54, 1.807) is 43.6 Å². The number of nitrogens with one attached hydrogen (secondary N) is 1. The molecule has 10 heteroatoms. The van der Waals surface area contributed by atoms with Gasteiger partial charge in [-0.15, -0.1) is 0 Å². The van der Waals surface area contributed by atoms with Gasteiger partial charge < -0.3 is 15.0 Å². The summed E-state index contributed by atoms with van der Waals surface area (Å²) in [4.78, 5) is 25.7. The molecule has 4 rings (SSSR count). The van der Waals surface area contributed by atoms with Gasteiger partial charge in [0.05, 0.1) is 17.8 Å². The molecule has 0 bridgehead atoms. The van der Waals surface area contributed by atoms with Crippen molar-refractivity contribution in [1.29, 1.82) is 5.26 Å². The molecule has 2 aromatic heterocycles. The fourth-order valence-electron chi connectivity index (χ4n) is 3.66. The molecular weight excluding hydrogens is 442 g/mol. The summed E-state index contributed by atoms with van der Waals surface area (Å²) in [7, 11) is 0. The minimum absolute atomic E-state index is 0.0280. The Bertz CT molecular complexity index is 1220. The summed E-state index contributed by atoms with van der Waals surface area (Å²) >= 11 is 0. The Morgan fingerprint density at radius 1 is 1.26 bits per heavy atom. The van der Waals surface area contributed by atoms with E-state index in [0.717, 1.165) is 4.90 Å². The van der Waals surface area contributed by atoms with Crippen LogP contribution in [0.15, 0.2) is 54.9 Å². The van der Waals surface area contributed by atoms with Gasteiger partial charge in [0.15, 0.2) is 6.10 Å². The molecular formula is C24H22F2N6O2. The molecule has 0 spiro atoms. The molecule has 0 radical (unpaired) electrons. The van der Waals surface area contributed by atoms with Crippen LogP contribution in [0.25, 0.3) is 11.3 Å². The number of alkyl halides is 2. The standard InChI is InChI=1S/C24H22F2N6O2/c1-2-22(33)32-12-9-20(24(25,26)15-32)34-19-7-6-16(13-17(19)14-27)18-8-11-29-23(30-18)31-21-5-3-4-10-28-21/h3-8,10-11,13,20H,2,9,12,15H2,1H3,(H,28,29,30,31). The predicted molar refractivity (Wildman–Crippen MR) is 121 cm³/mol. The number of likely N-dealkylation sites (tertiary alicyclic amines) is 1. The molecule has 34 heavy (non-hydrogen) atoms. The van der Waals surface area contributed by atoms with Crippen molar-refractivity contribution >= 4 is 17.7 Å². The van der Waals surface area contributed by atoms with Crippen LogP contribution in [0.1, 0.15) is 25.3 Å². The summed E-state index contributed by atoms with van der Waals surface area (Å²) in [5.74, 6) is -2.58. The van der Waals surface area contributed by atoms with Crippen LogP contribution < -0.4 is 10.1 Å². The molecule has 1 saturated heterocycles. The number of rotatable bonds is 6. The van der Waals surface area contributed by atoms with Gasteiger partial charge in [-0.3, -0.25) is 4.79 Å². The number of hydrogen-bond acceptors (Lipinski definition) is 7. The Morgan fingerprint density at radius 2 is 2.12 bits per heavy atom. The Balaban J connectivity index is 1.52. The summed E-state index contributed by atoms with van der Waals surface area (Å²) in [6, 6.07) is 13.7. The number of aromatic nitrogens is 3. The highest BCUT2D eigenvalue weighted by molar-refractivity contribution is 5.76. The summed E-state index contributed by atoms with van der Waals surface area (Å²) in [5, 5.41) is 12.6. The van der Waals surface area contributed by atoms with Crippen LogP contribution in [0, 0.1) is 11.3 Å². The highest BCUT2D eigenvalue weighted by Gasteiger charge is 2.47. The SMILES string of the molecule is CCC(=O)N1CCC(Oc2ccc(-c3ccnc(Nc4ccccn4)n3)cc2C#N)C(F)(F)C1. The minimum atomic E-state index is -3.23. The number of halogens is 2. The van der Waals surface area contributed by atoms with Crippen molar-refractivity contribution in [3.05, 3.63) is 60.4 Å². The second-order valence-corrected chi connectivity index (χ2v) is 7.75. The van der Waals surface area contributed by atoms with E-state index in [1.165, 1.54) is 12.1 Å². The van der Waals surface area contributed by atoms with Crippen molar-refractivity contribution in [2.24, 2.45) is 0 Å². The molecule has 8 nitrogen and oxygen atoms in total. The van der Waals surface area contributed by atoms with Crippen LogP contribution in [0.2, 0.25) is 0 Å². The number of amides is 1. The molecule has 1 N–H and O–H groups in total. The summed E-state index contributed by atoms with van der Waals surface area (Å²) in [6.45, 7) is 1.12. The number of anilines is 2. The van der Waals surface area contributed by atoms with Gasteiger partial charge in [0.25, 0.3) is 0 Å². The molecule has 1 aliphatic rings. The molecule has 174 valence electrons. The average Bonchev–Trinajstić information content (AvgIpc) is 2.85. The number of nitriles is 1. The van der Waals surface area contributed by atoms with Crippen molar-refractivity contribution in [2.45, 2.75) is 31.8 Å². The maximum Gasteiger partial charge on any atom is 0.301 e. The van der Waals surface area contributed by atoms with E-state index < -0.39 is 18.6 Å². The Morgan fingerprint density at radius 3 is 2.82 bits per heavy atom. The molecule has 0 saturated carbocycles. The van der Waals surface area contributed by atoms with Crippen LogP contribution >= 0.6 is 0 Å². The van der Waals surface area contributed by atoms with Crippen molar-refractivity contribution < 1.29 is 18.3 Å². The summed E-state index contributed by atoms with van der Waals surface area (Å²) in [5.41, 5.74) is 1.25. The predicted octanol–water partition coefficient (Wildman–Crippen LogP) is 4.18. The van der Waals surface area contributed by atoms with E-state index in [2.05, 4.69) is 20.3 Å². The summed E-state index contributed by atoms with van der Waals surface area (Å²) in [6.07, 6.45) is 1.92. The molecule has 1 amide bonds.